The van der Waals surface area contributed by atoms with Crippen molar-refractivity contribution < 1.29 is 8.78 Å². The molecule has 2 aromatic carbocycles. The van der Waals surface area contributed by atoms with Crippen LogP contribution in [-0.4, -0.2) is 7.05 Å². The van der Waals surface area contributed by atoms with Crippen molar-refractivity contribution in [1.29, 1.82) is 0 Å². The first-order valence-corrected chi connectivity index (χ1v) is 6.35. The average Bonchev–Trinajstić information content (AvgIpc) is 2.41. The Morgan fingerprint density at radius 3 is 2.47 bits per heavy atom. The number of nitrogens with one attached hydrogen (secondary N) is 1. The van der Waals surface area contributed by atoms with Crippen molar-refractivity contribution in [3.05, 3.63) is 70.2 Å². The minimum absolute atomic E-state index is 0.0753. The third kappa shape index (κ3) is 3.31. The average molecular weight is 282 g/mol. The molecule has 1 nitrogen and oxygen atoms in total. The summed E-state index contributed by atoms with van der Waals surface area (Å²) in [5.41, 5.74) is 1.44. The summed E-state index contributed by atoms with van der Waals surface area (Å²) in [6, 6.07) is 11.1. The summed E-state index contributed by atoms with van der Waals surface area (Å²) in [7, 11) is 1.78. The van der Waals surface area contributed by atoms with Gasteiger partial charge in [-0.3, -0.25) is 0 Å². The van der Waals surface area contributed by atoms with Gasteiger partial charge in [-0.2, -0.15) is 0 Å². The van der Waals surface area contributed by atoms with Gasteiger partial charge in [-0.15, -0.1) is 0 Å². The molecule has 0 aliphatic carbocycles. The van der Waals surface area contributed by atoms with Crippen LogP contribution in [0.3, 0.4) is 0 Å². The maximum absolute atomic E-state index is 13.6. The summed E-state index contributed by atoms with van der Waals surface area (Å²) in [6.07, 6.45) is 0.477. The summed E-state index contributed by atoms with van der Waals surface area (Å²) in [5, 5.41) is 3.17. The van der Waals surface area contributed by atoms with E-state index in [1.165, 1.54) is 12.1 Å². The molecule has 2 aromatic rings. The molecular weight excluding hydrogens is 268 g/mol. The Balaban J connectivity index is 2.25. The van der Waals surface area contributed by atoms with E-state index in [0.29, 0.717) is 12.0 Å². The second-order valence-electron chi connectivity index (χ2n) is 4.31. The molecule has 1 atom stereocenters. The van der Waals surface area contributed by atoms with Gasteiger partial charge in [0.1, 0.15) is 11.6 Å². The van der Waals surface area contributed by atoms with Gasteiger partial charge in [-0.25, -0.2) is 8.78 Å². The lowest BCUT2D eigenvalue weighted by Gasteiger charge is -2.17. The third-order valence-corrected chi connectivity index (χ3v) is 3.37. The molecule has 0 heterocycles. The Bertz CT molecular complexity index is 572. The van der Waals surface area contributed by atoms with E-state index in [-0.39, 0.29) is 16.9 Å². The minimum Gasteiger partial charge on any atom is -0.313 e. The lowest BCUT2D eigenvalue weighted by molar-refractivity contribution is 0.552. The summed E-state index contributed by atoms with van der Waals surface area (Å²) in [6.45, 7) is 0. The molecule has 1 unspecified atom stereocenters. The molecule has 100 valence electrons. The molecule has 0 aliphatic rings. The number of halogens is 3. The maximum Gasteiger partial charge on any atom is 0.141 e. The van der Waals surface area contributed by atoms with Crippen LogP contribution in [-0.2, 0) is 6.42 Å². The van der Waals surface area contributed by atoms with Crippen LogP contribution < -0.4 is 5.32 Å². The lowest BCUT2D eigenvalue weighted by Crippen LogP contribution is -2.19. The summed E-state index contributed by atoms with van der Waals surface area (Å²) >= 11 is 5.77. The van der Waals surface area contributed by atoms with Crippen molar-refractivity contribution in [3.8, 4) is 0 Å². The van der Waals surface area contributed by atoms with Crippen LogP contribution in [0.5, 0.6) is 0 Å². The van der Waals surface area contributed by atoms with Gasteiger partial charge in [0, 0.05) is 6.04 Å². The van der Waals surface area contributed by atoms with Gasteiger partial charge in [0.05, 0.1) is 5.02 Å². The van der Waals surface area contributed by atoms with Crippen molar-refractivity contribution in [3.63, 3.8) is 0 Å². The highest BCUT2D eigenvalue weighted by atomic mass is 35.5. The van der Waals surface area contributed by atoms with Crippen LogP contribution in [0.1, 0.15) is 17.2 Å². The summed E-state index contributed by atoms with van der Waals surface area (Å²) < 4.78 is 26.8. The fourth-order valence-electron chi connectivity index (χ4n) is 2.00. The zero-order valence-electron chi connectivity index (χ0n) is 10.5. The number of hydrogen-bond donors (Lipinski definition) is 1. The number of rotatable bonds is 4. The molecular formula is C15H14ClF2N. The molecule has 0 saturated heterocycles. The van der Waals surface area contributed by atoms with Crippen LogP contribution in [0.4, 0.5) is 8.78 Å². The fourth-order valence-corrected chi connectivity index (χ4v) is 2.19. The molecule has 0 saturated carbocycles. The smallest absolute Gasteiger partial charge is 0.141 e. The quantitative estimate of drug-likeness (QED) is 0.889. The van der Waals surface area contributed by atoms with Crippen molar-refractivity contribution >= 4 is 11.6 Å². The van der Waals surface area contributed by atoms with E-state index in [1.807, 2.05) is 0 Å². The standard InChI is InChI=1S/C15H14ClF2N/c1-19-15(9-10-4-2-3-5-13(10)17)11-6-7-14(18)12(16)8-11/h2-8,15,19H,9H2,1H3. The summed E-state index contributed by atoms with van der Waals surface area (Å²) in [5.74, 6) is -0.692. The third-order valence-electron chi connectivity index (χ3n) is 3.08. The normalized spacial score (nSPS) is 12.4. The monoisotopic (exact) mass is 281 g/mol. The number of likely N-dealkylation sites (N-methyl/N-ethyl adjacent to an activating group) is 1. The molecule has 0 spiro atoms. The van der Waals surface area contributed by atoms with Crippen molar-refractivity contribution in [2.24, 2.45) is 0 Å². The van der Waals surface area contributed by atoms with Crippen LogP contribution in [0.2, 0.25) is 5.02 Å². The second-order valence-corrected chi connectivity index (χ2v) is 4.72. The molecule has 19 heavy (non-hydrogen) atoms. The van der Waals surface area contributed by atoms with E-state index in [4.69, 9.17) is 11.6 Å². The highest BCUT2D eigenvalue weighted by molar-refractivity contribution is 6.30. The molecule has 0 fully saturated rings. The van der Waals surface area contributed by atoms with E-state index in [2.05, 4.69) is 5.32 Å². The predicted octanol–water partition coefficient (Wildman–Crippen LogP) is 4.12. The van der Waals surface area contributed by atoms with Crippen molar-refractivity contribution in [2.75, 3.05) is 7.05 Å². The first-order valence-electron chi connectivity index (χ1n) is 5.97. The molecule has 0 radical (unpaired) electrons. The maximum atomic E-state index is 13.6. The van der Waals surface area contributed by atoms with Gasteiger partial charge >= 0.3 is 0 Å². The summed E-state index contributed by atoms with van der Waals surface area (Å²) in [4.78, 5) is 0. The van der Waals surface area contributed by atoms with Crippen LogP contribution in [0, 0.1) is 11.6 Å². The van der Waals surface area contributed by atoms with Crippen LogP contribution in [0.15, 0.2) is 42.5 Å². The molecule has 0 aliphatic heterocycles. The molecule has 4 heteroatoms. The zero-order valence-corrected chi connectivity index (χ0v) is 11.2. The fraction of sp³-hybridized carbons (Fsp3) is 0.200. The van der Waals surface area contributed by atoms with Gasteiger partial charge in [-0.1, -0.05) is 35.9 Å². The lowest BCUT2D eigenvalue weighted by atomic mass is 9.98. The second kappa shape index (κ2) is 6.13. The van der Waals surface area contributed by atoms with Crippen molar-refractivity contribution in [1.82, 2.24) is 5.32 Å². The van der Waals surface area contributed by atoms with Gasteiger partial charge in [-0.05, 0) is 42.8 Å². The van der Waals surface area contributed by atoms with E-state index in [1.54, 1.807) is 37.4 Å². The SMILES string of the molecule is CNC(Cc1ccccc1F)c1ccc(F)c(Cl)c1. The molecule has 0 aromatic heterocycles. The van der Waals surface area contributed by atoms with Gasteiger partial charge in [0.15, 0.2) is 0 Å². The first kappa shape index (κ1) is 14.0. The number of benzene rings is 2. The Morgan fingerprint density at radius 2 is 1.84 bits per heavy atom. The molecule has 0 amide bonds. The Morgan fingerprint density at radius 1 is 1.11 bits per heavy atom. The van der Waals surface area contributed by atoms with E-state index in [0.717, 1.165) is 5.56 Å². The minimum atomic E-state index is -0.453. The van der Waals surface area contributed by atoms with Crippen molar-refractivity contribution in [2.45, 2.75) is 12.5 Å². The van der Waals surface area contributed by atoms with E-state index in [9.17, 15) is 8.78 Å². The topological polar surface area (TPSA) is 12.0 Å². The first-order chi connectivity index (χ1) is 9.11. The largest absolute Gasteiger partial charge is 0.313 e. The van der Waals surface area contributed by atoms with Gasteiger partial charge < -0.3 is 5.32 Å². The Hall–Kier alpha value is -1.45. The van der Waals surface area contributed by atoms with Gasteiger partial charge in [0.25, 0.3) is 0 Å². The Labute approximate surface area is 116 Å². The molecule has 2 rings (SSSR count). The van der Waals surface area contributed by atoms with E-state index < -0.39 is 5.82 Å². The van der Waals surface area contributed by atoms with E-state index >= 15 is 0 Å². The van der Waals surface area contributed by atoms with Gasteiger partial charge in [0.2, 0.25) is 0 Å². The highest BCUT2D eigenvalue weighted by Crippen LogP contribution is 2.24. The Kier molecular flexibility index (Phi) is 4.51. The zero-order chi connectivity index (χ0) is 13.8. The predicted molar refractivity (Wildman–Crippen MR) is 73.3 cm³/mol. The molecule has 0 bridgehead atoms. The van der Waals surface area contributed by atoms with Crippen LogP contribution >= 0.6 is 11.6 Å². The molecule has 1 N–H and O–H groups in total. The van der Waals surface area contributed by atoms with Crippen LogP contribution in [0.25, 0.3) is 0 Å². The number of hydrogen-bond acceptors (Lipinski definition) is 1. The highest BCUT2D eigenvalue weighted by Gasteiger charge is 2.14.